The van der Waals surface area contributed by atoms with Crippen LogP contribution in [0.25, 0.3) is 16.8 Å². The summed E-state index contributed by atoms with van der Waals surface area (Å²) in [6.07, 6.45) is 2.12. The number of methoxy groups -OCH3 is 2. The molecule has 3 aromatic rings. The summed E-state index contributed by atoms with van der Waals surface area (Å²) < 4.78 is 33.2. The van der Waals surface area contributed by atoms with Gasteiger partial charge in [0.25, 0.3) is 0 Å². The Hall–Kier alpha value is -3.85. The van der Waals surface area contributed by atoms with Gasteiger partial charge in [-0.3, -0.25) is 0 Å². The maximum absolute atomic E-state index is 10.4. The standard InChI is InChI=1S/C18H16N4O2.C4H9NO4S/c1-23-15-9-12(5-6-13(15)10-19)14-7-8-16(24-2)22-18(14)20-17(21-22)11-3-4-11;1-10(8,9)3-2-5-4(6)7/h5-9,11H,3-4H2,1-2H3;5H,2-3H2,1H3,(H,6,7). The lowest BCUT2D eigenvalue weighted by molar-refractivity contribution is 0.195. The van der Waals surface area contributed by atoms with Crippen LogP contribution in [0.1, 0.15) is 30.1 Å². The minimum Gasteiger partial charge on any atom is -0.495 e. The number of carboxylic acid groups (broad SMARTS) is 1. The van der Waals surface area contributed by atoms with Gasteiger partial charge in [-0.05, 0) is 36.6 Å². The molecule has 0 radical (unpaired) electrons. The summed E-state index contributed by atoms with van der Waals surface area (Å²) in [6.45, 7) is -0.0475. The van der Waals surface area contributed by atoms with Crippen LogP contribution in [-0.4, -0.2) is 67.0 Å². The molecule has 2 N–H and O–H groups in total. The summed E-state index contributed by atoms with van der Waals surface area (Å²) in [6, 6.07) is 11.5. The molecule has 0 saturated heterocycles. The van der Waals surface area contributed by atoms with Crippen molar-refractivity contribution in [2.24, 2.45) is 0 Å². The Kier molecular flexibility index (Phi) is 7.57. The highest BCUT2D eigenvalue weighted by Gasteiger charge is 2.29. The molecule has 0 atom stereocenters. The second-order valence-corrected chi connectivity index (χ2v) is 9.92. The Balaban J connectivity index is 0.000000277. The second kappa shape index (κ2) is 10.4. The summed E-state index contributed by atoms with van der Waals surface area (Å²) in [7, 11) is 0.138. The van der Waals surface area contributed by atoms with Crippen LogP contribution >= 0.6 is 0 Å². The summed E-state index contributed by atoms with van der Waals surface area (Å²) in [5.74, 6) is 2.36. The van der Waals surface area contributed by atoms with Crippen molar-refractivity contribution in [3.63, 3.8) is 0 Å². The van der Waals surface area contributed by atoms with Crippen molar-refractivity contribution in [2.75, 3.05) is 32.8 Å². The van der Waals surface area contributed by atoms with Gasteiger partial charge in [-0.15, -0.1) is 5.10 Å². The molecule has 1 aromatic carbocycles. The van der Waals surface area contributed by atoms with Crippen LogP contribution < -0.4 is 14.8 Å². The zero-order valence-electron chi connectivity index (χ0n) is 19.0. The van der Waals surface area contributed by atoms with Crippen LogP contribution in [0.5, 0.6) is 11.6 Å². The minimum atomic E-state index is -3.05. The summed E-state index contributed by atoms with van der Waals surface area (Å²) >= 11 is 0. The van der Waals surface area contributed by atoms with Crippen molar-refractivity contribution in [2.45, 2.75) is 18.8 Å². The lowest BCUT2D eigenvalue weighted by Gasteiger charge is -2.09. The number of hydrogen-bond donors (Lipinski definition) is 2. The van der Waals surface area contributed by atoms with Crippen LogP contribution in [0.3, 0.4) is 0 Å². The molecule has 4 rings (SSSR count). The van der Waals surface area contributed by atoms with Crippen molar-refractivity contribution >= 4 is 21.6 Å². The first-order valence-corrected chi connectivity index (χ1v) is 12.4. The number of carbonyl (C=O) groups is 1. The monoisotopic (exact) mass is 487 g/mol. The zero-order valence-corrected chi connectivity index (χ0v) is 19.8. The third-order valence-corrected chi connectivity index (χ3v) is 5.95. The van der Waals surface area contributed by atoms with E-state index in [4.69, 9.17) is 24.8 Å². The van der Waals surface area contributed by atoms with Crippen molar-refractivity contribution in [1.82, 2.24) is 19.9 Å². The van der Waals surface area contributed by atoms with E-state index < -0.39 is 15.9 Å². The van der Waals surface area contributed by atoms with E-state index in [1.165, 1.54) is 0 Å². The van der Waals surface area contributed by atoms with Gasteiger partial charge in [-0.1, -0.05) is 6.07 Å². The Morgan fingerprint density at radius 3 is 2.56 bits per heavy atom. The number of rotatable bonds is 7. The number of amides is 1. The van der Waals surface area contributed by atoms with E-state index in [-0.39, 0.29) is 12.3 Å². The molecule has 34 heavy (non-hydrogen) atoms. The van der Waals surface area contributed by atoms with Gasteiger partial charge in [0.15, 0.2) is 11.5 Å². The highest BCUT2D eigenvalue weighted by Crippen LogP contribution is 2.39. The highest BCUT2D eigenvalue weighted by atomic mass is 32.2. The molecule has 1 aliphatic carbocycles. The van der Waals surface area contributed by atoms with Gasteiger partial charge in [0.1, 0.15) is 21.7 Å². The third kappa shape index (κ3) is 6.14. The van der Waals surface area contributed by atoms with E-state index in [0.717, 1.165) is 41.7 Å². The largest absolute Gasteiger partial charge is 0.495 e. The van der Waals surface area contributed by atoms with Crippen molar-refractivity contribution < 1.29 is 27.8 Å². The molecule has 12 heteroatoms. The van der Waals surface area contributed by atoms with E-state index in [0.29, 0.717) is 23.1 Å². The van der Waals surface area contributed by atoms with Gasteiger partial charge in [-0.25, -0.2) is 18.2 Å². The number of benzene rings is 1. The first kappa shape index (κ1) is 24.8. The Morgan fingerprint density at radius 1 is 1.26 bits per heavy atom. The maximum atomic E-state index is 10.4. The van der Waals surface area contributed by atoms with Crippen LogP contribution in [0, 0.1) is 11.3 Å². The Labute approximate surface area is 196 Å². The Morgan fingerprint density at radius 2 is 2.00 bits per heavy atom. The molecule has 2 aromatic heterocycles. The predicted molar refractivity (Wildman–Crippen MR) is 124 cm³/mol. The molecule has 1 fully saturated rings. The molecule has 0 unspecified atom stereocenters. The number of nitrogens with one attached hydrogen (secondary N) is 1. The number of nitrogens with zero attached hydrogens (tertiary/aromatic N) is 4. The number of ether oxygens (including phenoxy) is 2. The predicted octanol–water partition coefficient (Wildman–Crippen LogP) is 2.46. The van der Waals surface area contributed by atoms with Crippen molar-refractivity contribution in [1.29, 1.82) is 5.26 Å². The van der Waals surface area contributed by atoms with E-state index >= 15 is 0 Å². The van der Waals surface area contributed by atoms with Gasteiger partial charge in [0.2, 0.25) is 5.88 Å². The molecule has 11 nitrogen and oxygen atoms in total. The molecule has 0 bridgehead atoms. The molecule has 1 aliphatic rings. The fourth-order valence-corrected chi connectivity index (χ4v) is 3.62. The van der Waals surface area contributed by atoms with Crippen molar-refractivity contribution in [3.8, 4) is 28.8 Å². The molecule has 0 spiro atoms. The van der Waals surface area contributed by atoms with E-state index in [1.807, 2.05) is 29.6 Å². The lowest BCUT2D eigenvalue weighted by atomic mass is 10.0. The average molecular weight is 488 g/mol. The molecular formula is C22H25N5O6S. The quantitative estimate of drug-likeness (QED) is 0.511. The van der Waals surface area contributed by atoms with Gasteiger partial charge in [-0.2, -0.15) is 9.78 Å². The summed E-state index contributed by atoms with van der Waals surface area (Å²) in [4.78, 5) is 14.5. The van der Waals surface area contributed by atoms with E-state index in [1.54, 1.807) is 24.8 Å². The number of sulfone groups is 1. The lowest BCUT2D eigenvalue weighted by Crippen LogP contribution is -2.26. The third-order valence-electron chi connectivity index (χ3n) is 5.00. The smallest absolute Gasteiger partial charge is 0.404 e. The topological polar surface area (TPSA) is 156 Å². The first-order valence-electron chi connectivity index (χ1n) is 10.3. The van der Waals surface area contributed by atoms with Crippen molar-refractivity contribution in [3.05, 3.63) is 41.7 Å². The van der Waals surface area contributed by atoms with Crippen LogP contribution in [0.4, 0.5) is 4.79 Å². The second-order valence-electron chi connectivity index (χ2n) is 7.66. The van der Waals surface area contributed by atoms with Gasteiger partial charge < -0.3 is 19.9 Å². The summed E-state index contributed by atoms with van der Waals surface area (Å²) in [5, 5.41) is 23.7. The molecule has 0 aliphatic heterocycles. The SMILES string of the molecule is COc1cc(-c2ccc(OC)n3nc(C4CC4)nc23)ccc1C#N.CS(=O)(=O)CCNC(=O)O. The molecular weight excluding hydrogens is 462 g/mol. The number of fused-ring (bicyclic) bond motifs is 1. The Bertz CT molecular complexity index is 1340. The fraction of sp³-hybridized carbons (Fsp3) is 0.364. The molecule has 1 amide bonds. The van der Waals surface area contributed by atoms with Crippen LogP contribution in [0.15, 0.2) is 30.3 Å². The fourth-order valence-electron chi connectivity index (χ4n) is 3.14. The number of hydrogen-bond acceptors (Lipinski definition) is 8. The number of nitriles is 1. The number of aromatic nitrogens is 3. The minimum absolute atomic E-state index is 0.0475. The van der Waals surface area contributed by atoms with Gasteiger partial charge in [0, 0.05) is 30.3 Å². The average Bonchev–Trinajstić information content (AvgIpc) is 3.55. The van der Waals surface area contributed by atoms with E-state index in [9.17, 15) is 13.2 Å². The molecule has 2 heterocycles. The normalized spacial score (nSPS) is 12.9. The highest BCUT2D eigenvalue weighted by molar-refractivity contribution is 7.90. The molecule has 1 saturated carbocycles. The van der Waals surface area contributed by atoms with Gasteiger partial charge >= 0.3 is 6.09 Å². The molecule has 180 valence electrons. The van der Waals surface area contributed by atoms with Crippen LogP contribution in [0.2, 0.25) is 0 Å². The summed E-state index contributed by atoms with van der Waals surface area (Å²) in [5.41, 5.74) is 3.11. The number of pyridine rings is 1. The van der Waals surface area contributed by atoms with E-state index in [2.05, 4.69) is 11.2 Å². The van der Waals surface area contributed by atoms with Crippen LogP contribution in [-0.2, 0) is 9.84 Å². The first-order chi connectivity index (χ1) is 16.2. The van der Waals surface area contributed by atoms with Gasteiger partial charge in [0.05, 0.1) is 25.5 Å². The zero-order chi connectivity index (χ0) is 24.9. The maximum Gasteiger partial charge on any atom is 0.404 e.